The molecule has 3 heteroatoms. The van der Waals surface area contributed by atoms with Gasteiger partial charge in [-0.05, 0) is 50.0 Å². The van der Waals surface area contributed by atoms with Gasteiger partial charge in [0.25, 0.3) is 0 Å². The van der Waals surface area contributed by atoms with Gasteiger partial charge in [0.15, 0.2) is 0 Å². The summed E-state index contributed by atoms with van der Waals surface area (Å²) in [4.78, 5) is 15.1. The Morgan fingerprint density at radius 2 is 1.60 bits per heavy atom. The number of piperidine rings is 1. The van der Waals surface area contributed by atoms with Crippen molar-refractivity contribution in [3.8, 4) is 0 Å². The molecule has 1 unspecified atom stereocenters. The van der Waals surface area contributed by atoms with E-state index in [2.05, 4.69) is 35.2 Å². The molecular weight excluding hydrogens is 308 g/mol. The SMILES string of the molecule is NCCC(c1ccccc1)N1CCC(C(=O)Cc2ccccc2)CC1. The first-order chi connectivity index (χ1) is 12.3. The van der Waals surface area contributed by atoms with Crippen LogP contribution in [-0.4, -0.2) is 30.3 Å². The van der Waals surface area contributed by atoms with Crippen molar-refractivity contribution in [1.82, 2.24) is 4.90 Å². The van der Waals surface area contributed by atoms with Crippen LogP contribution in [0.1, 0.15) is 36.4 Å². The van der Waals surface area contributed by atoms with Crippen LogP contribution >= 0.6 is 0 Å². The van der Waals surface area contributed by atoms with E-state index in [1.165, 1.54) is 5.56 Å². The Kier molecular flexibility index (Phi) is 6.37. The average Bonchev–Trinajstić information content (AvgIpc) is 2.68. The highest BCUT2D eigenvalue weighted by Crippen LogP contribution is 2.29. The van der Waals surface area contributed by atoms with Crippen molar-refractivity contribution in [1.29, 1.82) is 0 Å². The molecule has 3 nitrogen and oxygen atoms in total. The van der Waals surface area contributed by atoms with E-state index in [4.69, 9.17) is 5.73 Å². The third kappa shape index (κ3) is 4.77. The summed E-state index contributed by atoms with van der Waals surface area (Å²) in [6.45, 7) is 2.64. The van der Waals surface area contributed by atoms with Gasteiger partial charge in [-0.2, -0.15) is 0 Å². The molecule has 132 valence electrons. The predicted molar refractivity (Wildman–Crippen MR) is 102 cm³/mol. The lowest BCUT2D eigenvalue weighted by Gasteiger charge is -2.37. The molecule has 1 atom stereocenters. The number of nitrogens with zero attached hydrogens (tertiary/aromatic N) is 1. The first kappa shape index (κ1) is 17.8. The van der Waals surface area contributed by atoms with Crippen LogP contribution in [0.2, 0.25) is 0 Å². The highest BCUT2D eigenvalue weighted by molar-refractivity contribution is 5.83. The van der Waals surface area contributed by atoms with Gasteiger partial charge < -0.3 is 5.73 Å². The van der Waals surface area contributed by atoms with E-state index in [-0.39, 0.29) is 5.92 Å². The minimum absolute atomic E-state index is 0.200. The minimum Gasteiger partial charge on any atom is -0.330 e. The van der Waals surface area contributed by atoms with Gasteiger partial charge in [0.05, 0.1) is 0 Å². The Bertz CT molecular complexity index is 648. The lowest BCUT2D eigenvalue weighted by Crippen LogP contribution is -2.39. The van der Waals surface area contributed by atoms with Crippen molar-refractivity contribution in [2.24, 2.45) is 11.7 Å². The highest BCUT2D eigenvalue weighted by Gasteiger charge is 2.28. The molecule has 0 radical (unpaired) electrons. The summed E-state index contributed by atoms with van der Waals surface area (Å²) in [5.41, 5.74) is 8.31. The molecule has 1 heterocycles. The van der Waals surface area contributed by atoms with Crippen LogP contribution in [0.3, 0.4) is 0 Å². The van der Waals surface area contributed by atoms with Gasteiger partial charge in [0.1, 0.15) is 5.78 Å². The van der Waals surface area contributed by atoms with Crippen molar-refractivity contribution in [2.45, 2.75) is 31.7 Å². The quantitative estimate of drug-likeness (QED) is 0.840. The molecule has 0 aromatic heterocycles. The topological polar surface area (TPSA) is 46.3 Å². The number of carbonyl (C=O) groups excluding carboxylic acids is 1. The minimum atomic E-state index is 0.200. The summed E-state index contributed by atoms with van der Waals surface area (Å²) >= 11 is 0. The van der Waals surface area contributed by atoms with Gasteiger partial charge >= 0.3 is 0 Å². The first-order valence-electron chi connectivity index (χ1n) is 9.33. The molecule has 2 aromatic carbocycles. The number of rotatable bonds is 7. The molecule has 0 aliphatic carbocycles. The molecule has 25 heavy (non-hydrogen) atoms. The molecule has 1 fully saturated rings. The second-order valence-corrected chi connectivity index (χ2v) is 6.94. The molecule has 2 N–H and O–H groups in total. The summed E-state index contributed by atoms with van der Waals surface area (Å²) in [6.07, 6.45) is 3.45. The standard InChI is InChI=1S/C22H28N2O/c23-14-11-21(19-9-5-2-6-10-19)24-15-12-20(13-16-24)22(25)17-18-7-3-1-4-8-18/h1-10,20-21H,11-17,23H2. The molecule has 0 amide bonds. The number of Topliss-reactive ketones (excluding diaryl/α,β-unsaturated/α-hetero) is 1. The van der Waals surface area contributed by atoms with E-state index in [0.29, 0.717) is 24.8 Å². The summed E-state index contributed by atoms with van der Waals surface area (Å²) < 4.78 is 0. The Morgan fingerprint density at radius 3 is 2.20 bits per heavy atom. The summed E-state index contributed by atoms with van der Waals surface area (Å²) in [5.74, 6) is 0.590. The first-order valence-corrected chi connectivity index (χ1v) is 9.33. The third-order valence-corrected chi connectivity index (χ3v) is 5.27. The van der Waals surface area contributed by atoms with E-state index in [9.17, 15) is 4.79 Å². The number of benzene rings is 2. The molecular formula is C22H28N2O. The van der Waals surface area contributed by atoms with Gasteiger partial charge in [0, 0.05) is 18.4 Å². The molecule has 0 spiro atoms. The Hall–Kier alpha value is -1.97. The zero-order valence-electron chi connectivity index (χ0n) is 14.8. The van der Waals surface area contributed by atoms with Crippen molar-refractivity contribution < 1.29 is 4.79 Å². The molecule has 1 saturated heterocycles. The van der Waals surface area contributed by atoms with Gasteiger partial charge in [-0.25, -0.2) is 0 Å². The fourth-order valence-electron chi connectivity index (χ4n) is 3.87. The number of nitrogens with two attached hydrogens (primary N) is 1. The van der Waals surface area contributed by atoms with Crippen LogP contribution in [0.15, 0.2) is 60.7 Å². The van der Waals surface area contributed by atoms with Gasteiger partial charge in [0.2, 0.25) is 0 Å². The zero-order chi connectivity index (χ0) is 17.5. The van der Waals surface area contributed by atoms with Crippen molar-refractivity contribution in [3.63, 3.8) is 0 Å². The number of likely N-dealkylation sites (tertiary alicyclic amines) is 1. The predicted octanol–water partition coefficient (Wildman–Crippen LogP) is 3.60. The van der Waals surface area contributed by atoms with Crippen LogP contribution in [-0.2, 0) is 11.2 Å². The third-order valence-electron chi connectivity index (χ3n) is 5.27. The number of hydrogen-bond acceptors (Lipinski definition) is 3. The number of ketones is 1. The van der Waals surface area contributed by atoms with E-state index in [0.717, 1.165) is 37.9 Å². The number of hydrogen-bond donors (Lipinski definition) is 1. The van der Waals surface area contributed by atoms with Crippen molar-refractivity contribution >= 4 is 5.78 Å². The smallest absolute Gasteiger partial charge is 0.140 e. The molecule has 2 aromatic rings. The summed E-state index contributed by atoms with van der Waals surface area (Å²) in [7, 11) is 0. The van der Waals surface area contributed by atoms with Crippen LogP contribution in [0.4, 0.5) is 0 Å². The van der Waals surface area contributed by atoms with Crippen molar-refractivity contribution in [3.05, 3.63) is 71.8 Å². The molecule has 1 aliphatic heterocycles. The fourth-order valence-corrected chi connectivity index (χ4v) is 3.87. The monoisotopic (exact) mass is 336 g/mol. The Morgan fingerprint density at radius 1 is 1.00 bits per heavy atom. The second kappa shape index (κ2) is 8.93. The Labute approximate surface area is 150 Å². The van der Waals surface area contributed by atoms with Gasteiger partial charge in [-0.15, -0.1) is 0 Å². The van der Waals surface area contributed by atoms with E-state index >= 15 is 0 Å². The molecule has 3 rings (SSSR count). The van der Waals surface area contributed by atoms with E-state index in [1.54, 1.807) is 0 Å². The molecule has 0 saturated carbocycles. The average molecular weight is 336 g/mol. The normalized spacial score (nSPS) is 17.3. The summed E-state index contributed by atoms with van der Waals surface area (Å²) in [6, 6.07) is 21.1. The second-order valence-electron chi connectivity index (χ2n) is 6.94. The Balaban J connectivity index is 1.57. The molecule has 0 bridgehead atoms. The van der Waals surface area contributed by atoms with Crippen molar-refractivity contribution in [2.75, 3.05) is 19.6 Å². The zero-order valence-corrected chi connectivity index (χ0v) is 14.8. The van der Waals surface area contributed by atoms with E-state index in [1.807, 2.05) is 30.3 Å². The largest absolute Gasteiger partial charge is 0.330 e. The van der Waals surface area contributed by atoms with Crippen LogP contribution in [0.25, 0.3) is 0 Å². The maximum absolute atomic E-state index is 12.6. The highest BCUT2D eigenvalue weighted by atomic mass is 16.1. The fraction of sp³-hybridized carbons (Fsp3) is 0.409. The van der Waals surface area contributed by atoms with Gasteiger partial charge in [-0.3, -0.25) is 9.69 Å². The summed E-state index contributed by atoms with van der Waals surface area (Å²) in [5, 5.41) is 0. The number of carbonyl (C=O) groups is 1. The maximum Gasteiger partial charge on any atom is 0.140 e. The maximum atomic E-state index is 12.6. The van der Waals surface area contributed by atoms with E-state index < -0.39 is 0 Å². The lowest BCUT2D eigenvalue weighted by molar-refractivity contribution is -0.123. The lowest BCUT2D eigenvalue weighted by atomic mass is 9.88. The van der Waals surface area contributed by atoms with Crippen LogP contribution in [0, 0.1) is 5.92 Å². The molecule has 1 aliphatic rings. The van der Waals surface area contributed by atoms with Crippen LogP contribution < -0.4 is 5.73 Å². The van der Waals surface area contributed by atoms with Crippen LogP contribution in [0.5, 0.6) is 0 Å². The van der Waals surface area contributed by atoms with Gasteiger partial charge in [-0.1, -0.05) is 60.7 Å².